The number of sulfonamides is 1. The number of likely N-dealkylation sites (tertiary alicyclic amines) is 1. The van der Waals surface area contributed by atoms with Gasteiger partial charge in [-0.2, -0.15) is 11.8 Å². The summed E-state index contributed by atoms with van der Waals surface area (Å²) >= 11 is 2.01. The van der Waals surface area contributed by atoms with Crippen LogP contribution in [0.1, 0.15) is 19.3 Å². The summed E-state index contributed by atoms with van der Waals surface area (Å²) in [6, 6.07) is 5.85. The number of non-ortho nitro benzene ring substituents is 1. The smallest absolute Gasteiger partial charge is 0.270 e. The second-order valence-electron chi connectivity index (χ2n) is 6.60. The molecule has 1 N–H and O–H groups in total. The third-order valence-electron chi connectivity index (χ3n) is 4.97. The molecule has 138 valence electrons. The molecule has 1 aromatic carbocycles. The van der Waals surface area contributed by atoms with Gasteiger partial charge in [-0.25, -0.2) is 13.1 Å². The molecule has 2 heterocycles. The highest BCUT2D eigenvalue weighted by Crippen LogP contribution is 2.27. The van der Waals surface area contributed by atoms with Crippen LogP contribution in [0.3, 0.4) is 0 Å². The first-order valence-corrected chi connectivity index (χ1v) is 11.2. The van der Waals surface area contributed by atoms with Crippen molar-refractivity contribution < 1.29 is 13.3 Å². The Hall–Kier alpha value is -1.16. The molecule has 0 amide bonds. The molecule has 2 aliphatic heterocycles. The Bertz CT molecular complexity index is 712. The first-order valence-electron chi connectivity index (χ1n) is 8.51. The normalized spacial score (nSPS) is 23.0. The standard InChI is InChI=1S/C16H23N3O4S2/c20-19(21)14-2-1-3-16(10-14)25(22,23)17-11-13-4-7-18(8-5-13)15-6-9-24-12-15/h1-3,10,13,15,17H,4-9,11-12H2. The van der Waals surface area contributed by atoms with Gasteiger partial charge in [0.25, 0.3) is 5.69 Å². The molecule has 0 saturated carbocycles. The number of nitro benzene ring substituents is 1. The summed E-state index contributed by atoms with van der Waals surface area (Å²) in [6.07, 6.45) is 3.23. The van der Waals surface area contributed by atoms with Gasteiger partial charge in [0, 0.05) is 30.5 Å². The van der Waals surface area contributed by atoms with Crippen LogP contribution in [0.25, 0.3) is 0 Å². The third-order valence-corrected chi connectivity index (χ3v) is 7.54. The molecule has 7 nitrogen and oxygen atoms in total. The Labute approximate surface area is 152 Å². The second kappa shape index (κ2) is 8.03. The number of rotatable bonds is 6. The maximum Gasteiger partial charge on any atom is 0.270 e. The van der Waals surface area contributed by atoms with E-state index in [0.29, 0.717) is 18.5 Å². The molecule has 1 atom stereocenters. The lowest BCUT2D eigenvalue weighted by Crippen LogP contribution is -2.43. The number of nitrogens with one attached hydrogen (secondary N) is 1. The van der Waals surface area contributed by atoms with E-state index in [0.717, 1.165) is 32.0 Å². The minimum absolute atomic E-state index is 0.0536. The maximum atomic E-state index is 12.4. The molecule has 1 unspecified atom stereocenters. The molecule has 0 aromatic heterocycles. The van der Waals surface area contributed by atoms with E-state index in [1.165, 1.54) is 36.1 Å². The Morgan fingerprint density at radius 3 is 2.68 bits per heavy atom. The zero-order valence-corrected chi connectivity index (χ0v) is 15.6. The molecule has 0 bridgehead atoms. The van der Waals surface area contributed by atoms with Gasteiger partial charge in [0.15, 0.2) is 0 Å². The summed E-state index contributed by atoms with van der Waals surface area (Å²) in [6.45, 7) is 2.43. The highest BCUT2D eigenvalue weighted by molar-refractivity contribution is 7.99. The van der Waals surface area contributed by atoms with E-state index in [9.17, 15) is 18.5 Å². The second-order valence-corrected chi connectivity index (χ2v) is 9.52. The van der Waals surface area contributed by atoms with Crippen molar-refractivity contribution in [3.63, 3.8) is 0 Å². The van der Waals surface area contributed by atoms with Crippen molar-refractivity contribution in [2.45, 2.75) is 30.2 Å². The van der Waals surface area contributed by atoms with Crippen LogP contribution in [0.15, 0.2) is 29.2 Å². The van der Waals surface area contributed by atoms with Crippen molar-refractivity contribution in [2.75, 3.05) is 31.1 Å². The van der Waals surface area contributed by atoms with E-state index in [-0.39, 0.29) is 10.6 Å². The lowest BCUT2D eigenvalue weighted by atomic mass is 9.96. The summed E-state index contributed by atoms with van der Waals surface area (Å²) in [7, 11) is -3.72. The van der Waals surface area contributed by atoms with Crippen LogP contribution in [-0.2, 0) is 10.0 Å². The first-order chi connectivity index (χ1) is 12.0. The fourth-order valence-electron chi connectivity index (χ4n) is 3.41. The molecule has 25 heavy (non-hydrogen) atoms. The molecule has 2 saturated heterocycles. The number of hydrogen-bond acceptors (Lipinski definition) is 6. The minimum atomic E-state index is -3.72. The molecule has 2 fully saturated rings. The van der Waals surface area contributed by atoms with Gasteiger partial charge in [0.1, 0.15) is 0 Å². The van der Waals surface area contributed by atoms with Gasteiger partial charge in [0.2, 0.25) is 10.0 Å². The predicted molar refractivity (Wildman–Crippen MR) is 98.3 cm³/mol. The molecule has 0 radical (unpaired) electrons. The number of nitrogens with zero attached hydrogens (tertiary/aromatic N) is 2. The summed E-state index contributed by atoms with van der Waals surface area (Å²) in [4.78, 5) is 12.7. The molecule has 0 spiro atoms. The van der Waals surface area contributed by atoms with E-state index < -0.39 is 14.9 Å². The fourth-order valence-corrected chi connectivity index (χ4v) is 5.82. The van der Waals surface area contributed by atoms with Crippen molar-refractivity contribution in [3.8, 4) is 0 Å². The topological polar surface area (TPSA) is 92.5 Å². The average Bonchev–Trinajstić information content (AvgIpc) is 3.15. The van der Waals surface area contributed by atoms with Crippen LogP contribution < -0.4 is 4.72 Å². The highest BCUT2D eigenvalue weighted by Gasteiger charge is 2.28. The monoisotopic (exact) mass is 385 g/mol. The Morgan fingerprint density at radius 1 is 1.28 bits per heavy atom. The third kappa shape index (κ3) is 4.72. The van der Waals surface area contributed by atoms with Crippen molar-refractivity contribution in [2.24, 2.45) is 5.92 Å². The Kier molecular flexibility index (Phi) is 5.98. The SMILES string of the molecule is O=[N+]([O-])c1cccc(S(=O)(=O)NCC2CCN(C3CCSC3)CC2)c1. The van der Waals surface area contributed by atoms with Gasteiger partial charge in [-0.1, -0.05) is 6.07 Å². The lowest BCUT2D eigenvalue weighted by Gasteiger charge is -2.35. The Balaban J connectivity index is 1.53. The molecule has 0 aliphatic carbocycles. The van der Waals surface area contributed by atoms with Crippen molar-refractivity contribution in [1.82, 2.24) is 9.62 Å². The molecule has 1 aromatic rings. The van der Waals surface area contributed by atoms with Crippen LogP contribution in [0.5, 0.6) is 0 Å². The van der Waals surface area contributed by atoms with Gasteiger partial charge < -0.3 is 0 Å². The van der Waals surface area contributed by atoms with Crippen LogP contribution in [0.2, 0.25) is 0 Å². The van der Waals surface area contributed by atoms with E-state index in [2.05, 4.69) is 9.62 Å². The largest absolute Gasteiger partial charge is 0.300 e. The van der Waals surface area contributed by atoms with Crippen LogP contribution in [-0.4, -0.2) is 55.4 Å². The number of hydrogen-bond donors (Lipinski definition) is 1. The predicted octanol–water partition coefficient (Wildman–Crippen LogP) is 2.09. The van der Waals surface area contributed by atoms with E-state index in [4.69, 9.17) is 0 Å². The first kappa shape index (κ1) is 18.6. The highest BCUT2D eigenvalue weighted by atomic mass is 32.2. The summed E-state index contributed by atoms with van der Waals surface area (Å²) in [5, 5.41) is 10.8. The van der Waals surface area contributed by atoms with Gasteiger partial charge in [-0.3, -0.25) is 15.0 Å². The van der Waals surface area contributed by atoms with E-state index >= 15 is 0 Å². The molecular weight excluding hydrogens is 362 g/mol. The van der Waals surface area contributed by atoms with Gasteiger partial charge in [0.05, 0.1) is 9.82 Å². The minimum Gasteiger partial charge on any atom is -0.300 e. The summed E-state index contributed by atoms with van der Waals surface area (Å²) < 4.78 is 27.4. The lowest BCUT2D eigenvalue weighted by molar-refractivity contribution is -0.385. The van der Waals surface area contributed by atoms with Crippen molar-refractivity contribution in [3.05, 3.63) is 34.4 Å². The number of nitro groups is 1. The zero-order chi connectivity index (χ0) is 17.9. The molecular formula is C16H23N3O4S2. The summed E-state index contributed by atoms with van der Waals surface area (Å²) in [5.74, 6) is 2.77. The quantitative estimate of drug-likeness (QED) is 0.595. The zero-order valence-electron chi connectivity index (χ0n) is 14.0. The van der Waals surface area contributed by atoms with Crippen LogP contribution in [0.4, 0.5) is 5.69 Å². The van der Waals surface area contributed by atoms with Crippen LogP contribution >= 0.6 is 11.8 Å². The van der Waals surface area contributed by atoms with Crippen molar-refractivity contribution in [1.29, 1.82) is 0 Å². The van der Waals surface area contributed by atoms with Gasteiger partial charge in [-0.05, 0) is 50.1 Å². The van der Waals surface area contributed by atoms with E-state index in [1.54, 1.807) is 0 Å². The number of piperidine rings is 1. The van der Waals surface area contributed by atoms with E-state index in [1.807, 2.05) is 11.8 Å². The Morgan fingerprint density at radius 2 is 2.04 bits per heavy atom. The van der Waals surface area contributed by atoms with Gasteiger partial charge >= 0.3 is 0 Å². The molecule has 2 aliphatic rings. The van der Waals surface area contributed by atoms with Gasteiger partial charge in [-0.15, -0.1) is 0 Å². The maximum absolute atomic E-state index is 12.4. The average molecular weight is 386 g/mol. The number of benzene rings is 1. The number of thioether (sulfide) groups is 1. The van der Waals surface area contributed by atoms with Crippen LogP contribution in [0, 0.1) is 16.0 Å². The van der Waals surface area contributed by atoms with Crippen molar-refractivity contribution >= 4 is 27.5 Å². The molecule has 3 rings (SSSR count). The molecule has 9 heteroatoms. The summed E-state index contributed by atoms with van der Waals surface area (Å²) in [5.41, 5.74) is -0.217. The fraction of sp³-hybridized carbons (Fsp3) is 0.625.